The molecule has 3 heterocycles. The number of likely N-dealkylation sites (tertiary alicyclic amines) is 1. The second-order valence-electron chi connectivity index (χ2n) is 4.99. The highest BCUT2D eigenvalue weighted by Crippen LogP contribution is 2.34. The molecule has 20 heavy (non-hydrogen) atoms. The molecule has 6 heteroatoms. The van der Waals surface area contributed by atoms with Gasteiger partial charge >= 0.3 is 0 Å². The number of hydrogen-bond donors (Lipinski definition) is 1. The first-order chi connectivity index (χ1) is 9.72. The van der Waals surface area contributed by atoms with E-state index in [0.29, 0.717) is 17.7 Å². The van der Waals surface area contributed by atoms with E-state index in [4.69, 9.17) is 0 Å². The molecule has 106 valence electrons. The van der Waals surface area contributed by atoms with E-state index in [9.17, 15) is 4.79 Å². The van der Waals surface area contributed by atoms with Gasteiger partial charge in [0, 0.05) is 16.3 Å². The van der Waals surface area contributed by atoms with Crippen LogP contribution >= 0.6 is 22.7 Å². The molecule has 1 aliphatic rings. The zero-order valence-electron chi connectivity index (χ0n) is 11.3. The predicted octanol–water partition coefficient (Wildman–Crippen LogP) is 3.29. The van der Waals surface area contributed by atoms with Gasteiger partial charge in [-0.25, -0.2) is 4.98 Å². The molecule has 2 aromatic heterocycles. The average molecular weight is 307 g/mol. The summed E-state index contributed by atoms with van der Waals surface area (Å²) in [5.41, 5.74) is 0.947. The van der Waals surface area contributed by atoms with Crippen molar-refractivity contribution in [2.75, 3.05) is 18.4 Å². The molecule has 3 rings (SSSR count). The number of carbonyl (C=O) groups excluding carboxylic acids is 1. The van der Waals surface area contributed by atoms with Crippen molar-refractivity contribution < 1.29 is 4.79 Å². The van der Waals surface area contributed by atoms with Gasteiger partial charge in [-0.05, 0) is 37.8 Å². The summed E-state index contributed by atoms with van der Waals surface area (Å²) in [4.78, 5) is 20.0. The number of thiazole rings is 1. The van der Waals surface area contributed by atoms with Crippen molar-refractivity contribution in [1.29, 1.82) is 0 Å². The molecule has 4 nitrogen and oxygen atoms in total. The Bertz CT molecular complexity index is 579. The quantitative estimate of drug-likeness (QED) is 0.943. The monoisotopic (exact) mass is 307 g/mol. The van der Waals surface area contributed by atoms with Gasteiger partial charge in [0.1, 0.15) is 0 Å². The van der Waals surface area contributed by atoms with Gasteiger partial charge in [-0.15, -0.1) is 22.7 Å². The minimum absolute atomic E-state index is 0.0304. The summed E-state index contributed by atoms with van der Waals surface area (Å²) in [5, 5.41) is 7.63. The Balaban J connectivity index is 1.60. The van der Waals surface area contributed by atoms with Gasteiger partial charge < -0.3 is 5.32 Å². The summed E-state index contributed by atoms with van der Waals surface area (Å²) in [5.74, 6) is 0.0304. The molecule has 0 radical (unpaired) electrons. The summed E-state index contributed by atoms with van der Waals surface area (Å²) in [6.07, 6.45) is 2.30. The van der Waals surface area contributed by atoms with Gasteiger partial charge in [-0.2, -0.15) is 0 Å². The highest BCUT2D eigenvalue weighted by molar-refractivity contribution is 7.13. The maximum absolute atomic E-state index is 12.1. The second kappa shape index (κ2) is 6.03. The Kier molecular flexibility index (Phi) is 4.14. The summed E-state index contributed by atoms with van der Waals surface area (Å²) in [7, 11) is 0. The molecular formula is C14H17N3OS2. The number of amides is 1. The number of aryl methyl sites for hydroxylation is 1. The van der Waals surface area contributed by atoms with Crippen LogP contribution in [0, 0.1) is 6.92 Å². The minimum Gasteiger partial charge on any atom is -0.301 e. The lowest BCUT2D eigenvalue weighted by molar-refractivity contribution is -0.117. The van der Waals surface area contributed by atoms with Crippen LogP contribution in [0.4, 0.5) is 5.13 Å². The molecule has 0 aliphatic carbocycles. The predicted molar refractivity (Wildman–Crippen MR) is 83.3 cm³/mol. The van der Waals surface area contributed by atoms with Crippen LogP contribution in [0.1, 0.15) is 29.5 Å². The van der Waals surface area contributed by atoms with E-state index < -0.39 is 0 Å². The fraction of sp³-hybridized carbons (Fsp3) is 0.429. The van der Waals surface area contributed by atoms with Crippen LogP contribution in [0.3, 0.4) is 0 Å². The molecule has 2 aromatic rings. The number of nitrogens with zero attached hydrogens (tertiary/aromatic N) is 2. The van der Waals surface area contributed by atoms with E-state index in [1.54, 1.807) is 11.3 Å². The fourth-order valence-corrected chi connectivity index (χ4v) is 4.17. The maximum Gasteiger partial charge on any atom is 0.240 e. The normalized spacial score (nSPS) is 19.4. The largest absolute Gasteiger partial charge is 0.301 e. The first kappa shape index (κ1) is 13.7. The molecule has 1 saturated heterocycles. The van der Waals surface area contributed by atoms with Crippen LogP contribution in [-0.4, -0.2) is 28.9 Å². The van der Waals surface area contributed by atoms with Crippen LogP contribution in [0.25, 0.3) is 0 Å². The fourth-order valence-electron chi connectivity index (χ4n) is 2.57. The third kappa shape index (κ3) is 3.08. The van der Waals surface area contributed by atoms with Crippen molar-refractivity contribution >= 4 is 33.7 Å². The molecule has 1 aliphatic heterocycles. The molecule has 0 aromatic carbocycles. The third-order valence-corrected chi connectivity index (χ3v) is 5.30. The molecule has 1 N–H and O–H groups in total. The van der Waals surface area contributed by atoms with Crippen molar-refractivity contribution in [3.05, 3.63) is 33.5 Å². The van der Waals surface area contributed by atoms with Gasteiger partial charge in [0.25, 0.3) is 0 Å². The van der Waals surface area contributed by atoms with Crippen LogP contribution in [-0.2, 0) is 4.79 Å². The number of rotatable bonds is 4. The van der Waals surface area contributed by atoms with Crippen LogP contribution in [0.5, 0.6) is 0 Å². The number of carbonyl (C=O) groups is 1. The lowest BCUT2D eigenvalue weighted by Gasteiger charge is -2.22. The van der Waals surface area contributed by atoms with Gasteiger partial charge in [0.15, 0.2) is 5.13 Å². The first-order valence-electron chi connectivity index (χ1n) is 6.72. The van der Waals surface area contributed by atoms with Gasteiger partial charge in [0.05, 0.1) is 12.2 Å². The minimum atomic E-state index is 0.0304. The van der Waals surface area contributed by atoms with Crippen LogP contribution in [0.2, 0.25) is 0 Å². The van der Waals surface area contributed by atoms with E-state index in [2.05, 4.69) is 32.7 Å². The average Bonchev–Trinajstić information content (AvgIpc) is 3.10. The van der Waals surface area contributed by atoms with Crippen molar-refractivity contribution in [3.63, 3.8) is 0 Å². The number of anilines is 1. The molecule has 0 unspecified atom stereocenters. The molecule has 0 spiro atoms. The topological polar surface area (TPSA) is 45.2 Å². The Hall–Kier alpha value is -1.24. The maximum atomic E-state index is 12.1. The van der Waals surface area contributed by atoms with Crippen molar-refractivity contribution in [2.24, 2.45) is 0 Å². The number of aromatic nitrogens is 1. The Morgan fingerprint density at radius 1 is 1.55 bits per heavy atom. The van der Waals surface area contributed by atoms with E-state index in [1.165, 1.54) is 16.2 Å². The third-order valence-electron chi connectivity index (χ3n) is 3.45. The number of hydrogen-bond acceptors (Lipinski definition) is 5. The molecule has 0 saturated carbocycles. The van der Waals surface area contributed by atoms with Crippen LogP contribution in [0.15, 0.2) is 22.9 Å². The summed E-state index contributed by atoms with van der Waals surface area (Å²) in [6.45, 7) is 3.37. The van der Waals surface area contributed by atoms with Gasteiger partial charge in [-0.1, -0.05) is 6.07 Å². The van der Waals surface area contributed by atoms with Gasteiger partial charge in [-0.3, -0.25) is 9.69 Å². The summed E-state index contributed by atoms with van der Waals surface area (Å²) >= 11 is 3.25. The summed E-state index contributed by atoms with van der Waals surface area (Å²) < 4.78 is 0. The van der Waals surface area contributed by atoms with E-state index in [0.717, 1.165) is 25.1 Å². The van der Waals surface area contributed by atoms with Crippen molar-refractivity contribution in [1.82, 2.24) is 9.88 Å². The standard InChI is InChI=1S/C14H17N3OS2/c1-10-9-20-14(15-10)16-13(18)8-17-6-2-4-11(17)12-5-3-7-19-12/h3,5,7,9,11H,2,4,6,8H2,1H3,(H,15,16,18)/t11-/m0/s1. The second-order valence-corrected chi connectivity index (χ2v) is 6.82. The molecule has 1 fully saturated rings. The Labute approximate surface area is 126 Å². The number of thiophene rings is 1. The molecule has 1 atom stereocenters. The van der Waals surface area contributed by atoms with E-state index in [1.807, 2.05) is 12.3 Å². The molecular weight excluding hydrogens is 290 g/mol. The zero-order valence-corrected chi connectivity index (χ0v) is 13.0. The number of nitrogens with one attached hydrogen (secondary N) is 1. The lowest BCUT2D eigenvalue weighted by atomic mass is 10.2. The summed E-state index contributed by atoms with van der Waals surface area (Å²) in [6, 6.07) is 4.64. The van der Waals surface area contributed by atoms with Crippen molar-refractivity contribution in [2.45, 2.75) is 25.8 Å². The lowest BCUT2D eigenvalue weighted by Crippen LogP contribution is -2.32. The SMILES string of the molecule is Cc1csc(NC(=O)CN2CCC[C@H]2c2cccs2)n1. The smallest absolute Gasteiger partial charge is 0.240 e. The van der Waals surface area contributed by atoms with Crippen molar-refractivity contribution in [3.8, 4) is 0 Å². The molecule has 1 amide bonds. The van der Waals surface area contributed by atoms with Gasteiger partial charge in [0.2, 0.25) is 5.91 Å². The molecule has 0 bridgehead atoms. The Morgan fingerprint density at radius 3 is 3.15 bits per heavy atom. The van der Waals surface area contributed by atoms with E-state index >= 15 is 0 Å². The highest BCUT2D eigenvalue weighted by atomic mass is 32.1. The Morgan fingerprint density at radius 2 is 2.45 bits per heavy atom. The first-order valence-corrected chi connectivity index (χ1v) is 8.48. The highest BCUT2D eigenvalue weighted by Gasteiger charge is 2.28. The zero-order chi connectivity index (χ0) is 13.9. The van der Waals surface area contributed by atoms with E-state index in [-0.39, 0.29) is 5.91 Å². The van der Waals surface area contributed by atoms with Crippen LogP contribution < -0.4 is 5.32 Å².